The average molecular weight is 227 g/mol. The molecule has 2 aliphatic heterocycles. The third-order valence-corrected chi connectivity index (χ3v) is 3.96. The fourth-order valence-corrected chi connectivity index (χ4v) is 3.03. The Balaban J connectivity index is 2.27. The number of nitrogens with one attached hydrogen (secondary N) is 1. The van der Waals surface area contributed by atoms with E-state index in [0.29, 0.717) is 12.1 Å². The van der Waals surface area contributed by atoms with Crippen molar-refractivity contribution < 1.29 is 4.79 Å². The number of hydrogen-bond donors (Lipinski definition) is 1. The largest absolute Gasteiger partial charge is 0.321 e. The van der Waals surface area contributed by atoms with Crippen LogP contribution < -0.4 is 5.43 Å². The monoisotopic (exact) mass is 227 g/mol. The van der Waals surface area contributed by atoms with Gasteiger partial charge in [0.15, 0.2) is 0 Å². The minimum Gasteiger partial charge on any atom is -0.321 e. The molecule has 0 spiro atoms. The molecule has 0 amide bonds. The van der Waals surface area contributed by atoms with Gasteiger partial charge in [0.25, 0.3) is 0 Å². The number of carbonyl (C=O) groups is 1. The fraction of sp³-hybridized carbons (Fsp3) is 0.700. The Hall–Kier alpha value is -0.440. The Morgan fingerprint density at radius 1 is 1.53 bits per heavy atom. The zero-order chi connectivity index (χ0) is 11.0. The molecule has 3 atom stereocenters. The van der Waals surface area contributed by atoms with Gasteiger partial charge in [0, 0.05) is 25.7 Å². The molecule has 2 rings (SSSR count). The predicted octanol–water partition coefficient (Wildman–Crippen LogP) is 0.532. The van der Waals surface area contributed by atoms with E-state index in [1.165, 1.54) is 6.42 Å². The van der Waals surface area contributed by atoms with Crippen LogP contribution in [0.5, 0.6) is 0 Å². The molecule has 2 aliphatic rings. The molecule has 0 saturated carbocycles. The lowest BCUT2D eigenvalue weighted by molar-refractivity contribution is -0.105. The van der Waals surface area contributed by atoms with Crippen LogP contribution in [-0.2, 0) is 4.79 Å². The van der Waals surface area contributed by atoms with E-state index in [4.69, 9.17) is 0 Å². The summed E-state index contributed by atoms with van der Waals surface area (Å²) in [5, 5.41) is 1.90. The van der Waals surface area contributed by atoms with Crippen molar-refractivity contribution in [2.24, 2.45) is 0 Å². The normalized spacial score (nSPS) is 31.2. The lowest BCUT2D eigenvalue weighted by Gasteiger charge is -2.35. The van der Waals surface area contributed by atoms with Gasteiger partial charge in [0.1, 0.15) is 6.29 Å². The van der Waals surface area contributed by atoms with E-state index in [0.717, 1.165) is 30.4 Å². The Morgan fingerprint density at radius 2 is 2.27 bits per heavy atom. The Bertz CT molecular complexity index is 303. The SMILES string of the molecule is CN(C)NC1=C(C=O)CC2CCC1N2P. The highest BCUT2D eigenvalue weighted by atomic mass is 31.0. The van der Waals surface area contributed by atoms with E-state index in [1.807, 2.05) is 19.1 Å². The van der Waals surface area contributed by atoms with Gasteiger partial charge in [-0.2, -0.15) is 0 Å². The number of carbonyl (C=O) groups excluding carboxylic acids is 1. The Kier molecular flexibility index (Phi) is 3.10. The van der Waals surface area contributed by atoms with E-state index in [9.17, 15) is 4.79 Å². The van der Waals surface area contributed by atoms with E-state index in [-0.39, 0.29) is 0 Å². The summed E-state index contributed by atoms with van der Waals surface area (Å²) in [5.41, 5.74) is 5.29. The molecule has 0 aromatic carbocycles. The van der Waals surface area contributed by atoms with Crippen LogP contribution in [0, 0.1) is 0 Å². The van der Waals surface area contributed by atoms with Crippen molar-refractivity contribution in [1.29, 1.82) is 0 Å². The fourth-order valence-electron chi connectivity index (χ4n) is 2.48. The number of hydrogen-bond acceptors (Lipinski definition) is 4. The molecule has 2 bridgehead atoms. The maximum Gasteiger partial charge on any atom is 0.147 e. The van der Waals surface area contributed by atoms with Crippen LogP contribution in [0.15, 0.2) is 11.3 Å². The number of aldehydes is 1. The second-order valence-electron chi connectivity index (χ2n) is 4.46. The molecular weight excluding hydrogens is 209 g/mol. The summed E-state index contributed by atoms with van der Waals surface area (Å²) in [6.45, 7) is 0. The van der Waals surface area contributed by atoms with E-state index in [2.05, 4.69) is 19.5 Å². The molecule has 0 radical (unpaired) electrons. The predicted molar refractivity (Wildman–Crippen MR) is 62.9 cm³/mol. The first-order valence-corrected chi connectivity index (χ1v) is 5.80. The quantitative estimate of drug-likeness (QED) is 0.433. The maximum absolute atomic E-state index is 11.0. The van der Waals surface area contributed by atoms with Crippen molar-refractivity contribution in [3.05, 3.63) is 11.3 Å². The van der Waals surface area contributed by atoms with Gasteiger partial charge in [-0.3, -0.25) is 9.46 Å². The first kappa shape index (κ1) is 11.1. The number of nitrogens with zero attached hydrogens (tertiary/aromatic N) is 2. The number of rotatable bonds is 3. The minimum absolute atomic E-state index is 0.372. The molecule has 15 heavy (non-hydrogen) atoms. The van der Waals surface area contributed by atoms with Gasteiger partial charge in [0.05, 0.1) is 11.7 Å². The van der Waals surface area contributed by atoms with Gasteiger partial charge < -0.3 is 5.43 Å². The molecular formula is C10H18N3OP. The number of fused-ring (bicyclic) bond motifs is 2. The van der Waals surface area contributed by atoms with Crippen molar-refractivity contribution in [3.63, 3.8) is 0 Å². The van der Waals surface area contributed by atoms with Crippen molar-refractivity contribution in [2.75, 3.05) is 14.1 Å². The smallest absolute Gasteiger partial charge is 0.147 e. The van der Waals surface area contributed by atoms with Gasteiger partial charge >= 0.3 is 0 Å². The van der Waals surface area contributed by atoms with Crippen molar-refractivity contribution >= 4 is 15.7 Å². The standard InChI is InChI=1S/C10H18N3OP/c1-12(2)11-10-7(6-14)5-8-3-4-9(10)13(8)15/h6,8-9,11H,3-5,15H2,1-2H3. The van der Waals surface area contributed by atoms with Gasteiger partial charge in [-0.15, -0.1) is 0 Å². The van der Waals surface area contributed by atoms with Crippen molar-refractivity contribution in [3.8, 4) is 0 Å². The molecule has 5 heteroatoms. The van der Waals surface area contributed by atoms with Crippen LogP contribution in [0.1, 0.15) is 19.3 Å². The molecule has 4 nitrogen and oxygen atoms in total. The lowest BCUT2D eigenvalue weighted by atomic mass is 10.0. The highest BCUT2D eigenvalue weighted by Gasteiger charge is 2.39. The van der Waals surface area contributed by atoms with Crippen LogP contribution >= 0.6 is 9.39 Å². The summed E-state index contributed by atoms with van der Waals surface area (Å²) in [6, 6.07) is 0.907. The number of hydrazine groups is 1. The molecule has 0 aliphatic carbocycles. The molecule has 1 saturated heterocycles. The molecule has 2 heterocycles. The van der Waals surface area contributed by atoms with Gasteiger partial charge in [-0.25, -0.2) is 5.01 Å². The van der Waals surface area contributed by atoms with Crippen LogP contribution in [0.3, 0.4) is 0 Å². The first-order valence-electron chi connectivity index (χ1n) is 5.28. The zero-order valence-electron chi connectivity index (χ0n) is 9.23. The minimum atomic E-state index is 0.372. The van der Waals surface area contributed by atoms with Crippen LogP contribution in [0.2, 0.25) is 0 Å². The maximum atomic E-state index is 11.0. The summed E-state index contributed by atoms with van der Waals surface area (Å²) in [4.78, 5) is 11.0. The molecule has 84 valence electrons. The molecule has 3 unspecified atom stereocenters. The van der Waals surface area contributed by atoms with E-state index in [1.54, 1.807) is 0 Å². The zero-order valence-corrected chi connectivity index (χ0v) is 10.4. The summed E-state index contributed by atoms with van der Waals surface area (Å²) >= 11 is 0. The molecule has 1 fully saturated rings. The van der Waals surface area contributed by atoms with Gasteiger partial charge in [-0.1, -0.05) is 9.39 Å². The summed E-state index contributed by atoms with van der Waals surface area (Å²) < 4.78 is 2.30. The summed E-state index contributed by atoms with van der Waals surface area (Å²) in [7, 11) is 6.69. The third kappa shape index (κ3) is 1.94. The molecule has 0 aromatic heterocycles. The topological polar surface area (TPSA) is 35.6 Å². The van der Waals surface area contributed by atoms with Gasteiger partial charge in [-0.05, 0) is 19.3 Å². The van der Waals surface area contributed by atoms with Crippen molar-refractivity contribution in [1.82, 2.24) is 15.1 Å². The molecule has 0 aromatic rings. The average Bonchev–Trinajstić information content (AvgIpc) is 2.44. The van der Waals surface area contributed by atoms with Crippen LogP contribution in [0.25, 0.3) is 0 Å². The van der Waals surface area contributed by atoms with E-state index >= 15 is 0 Å². The highest BCUT2D eigenvalue weighted by Crippen LogP contribution is 2.39. The molecule has 1 N–H and O–H groups in total. The first-order chi connectivity index (χ1) is 7.13. The highest BCUT2D eigenvalue weighted by molar-refractivity contribution is 7.13. The summed E-state index contributed by atoms with van der Waals surface area (Å²) in [6.07, 6.45) is 4.21. The van der Waals surface area contributed by atoms with Gasteiger partial charge in [0.2, 0.25) is 0 Å². The lowest BCUT2D eigenvalue weighted by Crippen LogP contribution is -2.43. The Labute approximate surface area is 92.9 Å². The summed E-state index contributed by atoms with van der Waals surface area (Å²) in [5.74, 6) is 0. The van der Waals surface area contributed by atoms with Crippen LogP contribution in [0.4, 0.5) is 0 Å². The second-order valence-corrected chi connectivity index (χ2v) is 5.06. The van der Waals surface area contributed by atoms with Crippen molar-refractivity contribution in [2.45, 2.75) is 31.3 Å². The van der Waals surface area contributed by atoms with Crippen LogP contribution in [-0.4, -0.2) is 42.1 Å². The second kappa shape index (κ2) is 4.20. The Morgan fingerprint density at radius 3 is 2.87 bits per heavy atom. The third-order valence-electron chi connectivity index (χ3n) is 3.18. The van der Waals surface area contributed by atoms with E-state index < -0.39 is 0 Å².